The second-order valence-electron chi connectivity index (χ2n) is 5.98. The molecule has 0 aliphatic rings. The van der Waals surface area contributed by atoms with E-state index < -0.39 is 0 Å². The number of hydrogen-bond donors (Lipinski definition) is 0. The van der Waals surface area contributed by atoms with Crippen LogP contribution in [0.1, 0.15) is 39.8 Å². The lowest BCUT2D eigenvalue weighted by Crippen LogP contribution is -1.97. The highest BCUT2D eigenvalue weighted by atomic mass is 16.5. The largest absolute Gasteiger partial charge is 0.339 e. The van der Waals surface area contributed by atoms with Crippen LogP contribution in [0.4, 0.5) is 0 Å². The first-order valence-electron chi connectivity index (χ1n) is 7.89. The second kappa shape index (κ2) is 6.36. The highest BCUT2D eigenvalue weighted by molar-refractivity contribution is 5.28. The topological polar surface area (TPSA) is 56.7 Å². The van der Waals surface area contributed by atoms with Crippen molar-refractivity contribution in [3.63, 3.8) is 0 Å². The van der Waals surface area contributed by atoms with E-state index in [0.717, 1.165) is 24.4 Å². The fourth-order valence-electron chi connectivity index (χ4n) is 2.85. The summed E-state index contributed by atoms with van der Waals surface area (Å²) < 4.78 is 7.32. The maximum atomic E-state index is 5.40. The average Bonchev–Trinajstić information content (AvgIpc) is 3.06. The lowest BCUT2D eigenvalue weighted by Gasteiger charge is -2.01. The second-order valence-corrected chi connectivity index (χ2v) is 5.98. The molecule has 2 heterocycles. The van der Waals surface area contributed by atoms with Crippen molar-refractivity contribution >= 4 is 0 Å². The third-order valence-electron chi connectivity index (χ3n) is 4.37. The summed E-state index contributed by atoms with van der Waals surface area (Å²) in [6.45, 7) is 6.23. The highest BCUT2D eigenvalue weighted by Gasteiger charge is 2.13. The van der Waals surface area contributed by atoms with Gasteiger partial charge in [-0.3, -0.25) is 4.68 Å². The molecule has 1 aromatic carbocycles. The summed E-state index contributed by atoms with van der Waals surface area (Å²) >= 11 is 0. The number of aryl methyl sites for hydroxylation is 4. The lowest BCUT2D eigenvalue weighted by molar-refractivity contribution is 0.373. The monoisotopic (exact) mass is 310 g/mol. The summed E-state index contributed by atoms with van der Waals surface area (Å²) in [5.41, 5.74) is 6.03. The summed E-state index contributed by atoms with van der Waals surface area (Å²) in [5.74, 6) is 1.44. The van der Waals surface area contributed by atoms with Gasteiger partial charge < -0.3 is 4.52 Å². The van der Waals surface area contributed by atoms with E-state index in [4.69, 9.17) is 4.52 Å². The Morgan fingerprint density at radius 1 is 1.09 bits per heavy atom. The van der Waals surface area contributed by atoms with E-state index in [0.29, 0.717) is 12.3 Å². The quantitative estimate of drug-likeness (QED) is 0.726. The van der Waals surface area contributed by atoms with Crippen molar-refractivity contribution in [3.05, 3.63) is 64.1 Å². The molecule has 23 heavy (non-hydrogen) atoms. The van der Waals surface area contributed by atoms with E-state index in [1.165, 1.54) is 22.4 Å². The van der Waals surface area contributed by atoms with Gasteiger partial charge in [0.05, 0.1) is 5.69 Å². The van der Waals surface area contributed by atoms with E-state index in [2.05, 4.69) is 41.2 Å². The van der Waals surface area contributed by atoms with Crippen LogP contribution in [-0.4, -0.2) is 19.9 Å². The SMILES string of the molecule is Cc1ccccc1Cc1noc(CCc2c(C)nn(C)c2C)n1. The zero-order valence-corrected chi connectivity index (χ0v) is 14.1. The predicted molar refractivity (Wildman–Crippen MR) is 88.4 cm³/mol. The minimum Gasteiger partial charge on any atom is -0.339 e. The van der Waals surface area contributed by atoms with Crippen LogP contribution in [0.5, 0.6) is 0 Å². The first kappa shape index (κ1) is 15.5. The van der Waals surface area contributed by atoms with Crippen molar-refractivity contribution in [2.75, 3.05) is 0 Å². The van der Waals surface area contributed by atoms with Gasteiger partial charge in [-0.15, -0.1) is 0 Å². The zero-order chi connectivity index (χ0) is 16.4. The van der Waals surface area contributed by atoms with Crippen LogP contribution in [-0.2, 0) is 26.3 Å². The van der Waals surface area contributed by atoms with Gasteiger partial charge in [-0.2, -0.15) is 10.1 Å². The molecule has 3 rings (SSSR count). The standard InChI is InChI=1S/C18H22N4O/c1-12-7-5-6-8-15(12)11-17-19-18(23-21-17)10-9-16-13(2)20-22(4)14(16)3/h5-8H,9-11H2,1-4H3. The molecule has 0 aliphatic carbocycles. The summed E-state index contributed by atoms with van der Waals surface area (Å²) in [7, 11) is 1.97. The average molecular weight is 310 g/mol. The third-order valence-corrected chi connectivity index (χ3v) is 4.37. The van der Waals surface area contributed by atoms with Crippen LogP contribution in [0.3, 0.4) is 0 Å². The van der Waals surface area contributed by atoms with Crippen LogP contribution in [0.15, 0.2) is 28.8 Å². The number of nitrogens with zero attached hydrogens (tertiary/aromatic N) is 4. The van der Waals surface area contributed by atoms with Gasteiger partial charge in [0.15, 0.2) is 5.82 Å². The van der Waals surface area contributed by atoms with E-state index in [1.54, 1.807) is 0 Å². The zero-order valence-electron chi connectivity index (χ0n) is 14.1. The molecule has 5 nitrogen and oxygen atoms in total. The lowest BCUT2D eigenvalue weighted by atomic mass is 10.1. The Labute approximate surface area is 136 Å². The van der Waals surface area contributed by atoms with E-state index in [9.17, 15) is 0 Å². The predicted octanol–water partition coefficient (Wildman–Crippen LogP) is 3.10. The van der Waals surface area contributed by atoms with Crippen molar-refractivity contribution in [2.45, 2.75) is 40.0 Å². The van der Waals surface area contributed by atoms with Crippen LogP contribution in [0, 0.1) is 20.8 Å². The van der Waals surface area contributed by atoms with Crippen molar-refractivity contribution in [1.82, 2.24) is 19.9 Å². The maximum Gasteiger partial charge on any atom is 0.226 e. The van der Waals surface area contributed by atoms with Gasteiger partial charge in [0.1, 0.15) is 0 Å². The number of benzene rings is 1. The normalized spacial score (nSPS) is 11.1. The first-order valence-corrected chi connectivity index (χ1v) is 7.89. The first-order chi connectivity index (χ1) is 11.0. The summed E-state index contributed by atoms with van der Waals surface area (Å²) in [4.78, 5) is 4.52. The Kier molecular flexibility index (Phi) is 4.28. The Balaban J connectivity index is 1.67. The molecule has 0 saturated carbocycles. The summed E-state index contributed by atoms with van der Waals surface area (Å²) in [6.07, 6.45) is 2.33. The van der Waals surface area contributed by atoms with Gasteiger partial charge in [-0.1, -0.05) is 29.4 Å². The fraction of sp³-hybridized carbons (Fsp3) is 0.389. The van der Waals surface area contributed by atoms with Gasteiger partial charge in [0.25, 0.3) is 0 Å². The molecule has 0 spiro atoms. The molecule has 0 radical (unpaired) electrons. The molecule has 0 fully saturated rings. The minimum absolute atomic E-state index is 0.691. The Hall–Kier alpha value is -2.43. The molecule has 0 aliphatic heterocycles. The fourth-order valence-corrected chi connectivity index (χ4v) is 2.85. The molecule has 0 unspecified atom stereocenters. The Bertz CT molecular complexity index is 816. The Morgan fingerprint density at radius 2 is 1.87 bits per heavy atom. The van der Waals surface area contributed by atoms with Gasteiger partial charge in [-0.05, 0) is 43.9 Å². The van der Waals surface area contributed by atoms with Gasteiger partial charge >= 0.3 is 0 Å². The molecule has 0 saturated heterocycles. The number of hydrogen-bond acceptors (Lipinski definition) is 4. The molecule has 2 aromatic heterocycles. The van der Waals surface area contributed by atoms with Crippen LogP contribution >= 0.6 is 0 Å². The van der Waals surface area contributed by atoms with Crippen LogP contribution in [0.2, 0.25) is 0 Å². The van der Waals surface area contributed by atoms with E-state index >= 15 is 0 Å². The maximum absolute atomic E-state index is 5.40. The van der Waals surface area contributed by atoms with Crippen LogP contribution in [0.25, 0.3) is 0 Å². The molecule has 0 amide bonds. The summed E-state index contributed by atoms with van der Waals surface area (Å²) in [5, 5.41) is 8.55. The Morgan fingerprint density at radius 3 is 2.57 bits per heavy atom. The smallest absolute Gasteiger partial charge is 0.226 e. The van der Waals surface area contributed by atoms with E-state index in [-0.39, 0.29) is 0 Å². The van der Waals surface area contributed by atoms with Crippen molar-refractivity contribution in [2.24, 2.45) is 7.05 Å². The molecule has 3 aromatic rings. The van der Waals surface area contributed by atoms with E-state index in [1.807, 2.05) is 30.8 Å². The molecule has 0 N–H and O–H groups in total. The van der Waals surface area contributed by atoms with Gasteiger partial charge in [0, 0.05) is 25.6 Å². The molecule has 5 heteroatoms. The highest BCUT2D eigenvalue weighted by Crippen LogP contribution is 2.16. The van der Waals surface area contributed by atoms with Crippen molar-refractivity contribution in [3.8, 4) is 0 Å². The third kappa shape index (κ3) is 3.33. The minimum atomic E-state index is 0.691. The van der Waals surface area contributed by atoms with Crippen LogP contribution < -0.4 is 0 Å². The molecule has 0 bridgehead atoms. The molecular formula is C18H22N4O. The molecular weight excluding hydrogens is 288 g/mol. The van der Waals surface area contributed by atoms with Gasteiger partial charge in [0.2, 0.25) is 5.89 Å². The molecule has 120 valence electrons. The molecule has 0 atom stereocenters. The van der Waals surface area contributed by atoms with Gasteiger partial charge in [-0.25, -0.2) is 0 Å². The van der Waals surface area contributed by atoms with Crippen molar-refractivity contribution < 1.29 is 4.52 Å². The number of rotatable bonds is 5. The van der Waals surface area contributed by atoms with Crippen molar-refractivity contribution in [1.29, 1.82) is 0 Å². The number of aromatic nitrogens is 4. The summed E-state index contributed by atoms with van der Waals surface area (Å²) in [6, 6.07) is 8.29.